The number of fused-ring (bicyclic) bond motifs is 1. The van der Waals surface area contributed by atoms with Gasteiger partial charge in [-0.1, -0.05) is 27.2 Å². The van der Waals surface area contributed by atoms with Crippen LogP contribution in [0.3, 0.4) is 0 Å². The highest BCUT2D eigenvalue weighted by atomic mass is 32.1. The van der Waals surface area contributed by atoms with Crippen LogP contribution in [0.5, 0.6) is 0 Å². The highest BCUT2D eigenvalue weighted by molar-refractivity contribution is 7.11. The molecule has 18 heavy (non-hydrogen) atoms. The van der Waals surface area contributed by atoms with Gasteiger partial charge in [0.25, 0.3) is 0 Å². The number of hydrogen-bond donors (Lipinski definition) is 1. The molecule has 0 aromatic carbocycles. The molecule has 1 aliphatic carbocycles. The van der Waals surface area contributed by atoms with E-state index in [1.165, 1.54) is 29.8 Å². The number of nitrogens with zero attached hydrogens (tertiary/aromatic N) is 1. The first kappa shape index (κ1) is 14.0. The molecule has 1 unspecified atom stereocenters. The largest absolute Gasteiger partial charge is 0.320 e. The van der Waals surface area contributed by atoms with Crippen molar-refractivity contribution in [2.24, 2.45) is 17.1 Å². The van der Waals surface area contributed by atoms with E-state index < -0.39 is 0 Å². The normalized spacial score (nSPS) is 20.9. The second kappa shape index (κ2) is 4.61. The Bertz CT molecular complexity index is 426. The van der Waals surface area contributed by atoms with Crippen LogP contribution < -0.4 is 5.73 Å². The van der Waals surface area contributed by atoms with Gasteiger partial charge in [-0.25, -0.2) is 4.98 Å². The van der Waals surface area contributed by atoms with Crippen molar-refractivity contribution in [1.82, 2.24) is 4.98 Å². The third kappa shape index (κ3) is 2.62. The number of nitrogens with two attached hydrogens (primary N) is 1. The summed E-state index contributed by atoms with van der Waals surface area (Å²) >= 11 is 1.84. The summed E-state index contributed by atoms with van der Waals surface area (Å²) in [5.74, 6) is 0.796. The van der Waals surface area contributed by atoms with Crippen LogP contribution in [-0.2, 0) is 18.4 Å². The van der Waals surface area contributed by atoms with Gasteiger partial charge < -0.3 is 5.73 Å². The van der Waals surface area contributed by atoms with Crippen LogP contribution in [-0.4, -0.2) is 4.98 Å². The summed E-state index contributed by atoms with van der Waals surface area (Å²) in [6.45, 7) is 11.2. The lowest BCUT2D eigenvalue weighted by Crippen LogP contribution is -2.28. The lowest BCUT2D eigenvalue weighted by Gasteiger charge is -2.35. The van der Waals surface area contributed by atoms with E-state index in [1.807, 2.05) is 25.2 Å². The Hall–Kier alpha value is -0.410. The molecule has 3 heteroatoms. The third-order valence-electron chi connectivity index (χ3n) is 4.51. The van der Waals surface area contributed by atoms with Crippen molar-refractivity contribution in [3.8, 4) is 0 Å². The Kier molecular flexibility index (Phi) is 3.58. The lowest BCUT2D eigenvalue weighted by atomic mass is 9.70. The summed E-state index contributed by atoms with van der Waals surface area (Å²) in [4.78, 5) is 6.25. The molecular weight excluding hydrogens is 240 g/mol. The average molecular weight is 266 g/mol. The van der Waals surface area contributed by atoms with Gasteiger partial charge in [-0.15, -0.1) is 11.3 Å². The highest BCUT2D eigenvalue weighted by Crippen LogP contribution is 2.42. The molecule has 0 bridgehead atoms. The second-order valence-electron chi connectivity index (χ2n) is 6.89. The molecule has 1 heterocycles. The first-order chi connectivity index (χ1) is 8.24. The molecule has 0 radical (unpaired) electrons. The predicted molar refractivity (Wildman–Crippen MR) is 78.9 cm³/mol. The topological polar surface area (TPSA) is 38.9 Å². The Balaban J connectivity index is 2.23. The van der Waals surface area contributed by atoms with Gasteiger partial charge in [-0.3, -0.25) is 0 Å². The van der Waals surface area contributed by atoms with Gasteiger partial charge in [0.2, 0.25) is 0 Å². The fourth-order valence-corrected chi connectivity index (χ4v) is 3.81. The first-order valence-electron chi connectivity index (χ1n) is 7.02. The smallest absolute Gasteiger partial charge is 0.112 e. The van der Waals surface area contributed by atoms with E-state index in [-0.39, 0.29) is 5.54 Å². The summed E-state index contributed by atoms with van der Waals surface area (Å²) in [6, 6.07) is 0. The van der Waals surface area contributed by atoms with Crippen molar-refractivity contribution in [2.75, 3.05) is 0 Å². The lowest BCUT2D eigenvalue weighted by molar-refractivity contribution is 0.183. The van der Waals surface area contributed by atoms with Crippen LogP contribution in [0.15, 0.2) is 0 Å². The molecule has 0 spiro atoms. The minimum atomic E-state index is -0.294. The van der Waals surface area contributed by atoms with Gasteiger partial charge in [-0.05, 0) is 44.4 Å². The van der Waals surface area contributed by atoms with Gasteiger partial charge in [0, 0.05) is 4.88 Å². The monoisotopic (exact) mass is 266 g/mol. The van der Waals surface area contributed by atoms with Gasteiger partial charge in [0.05, 0.1) is 11.2 Å². The molecule has 0 amide bonds. The Morgan fingerprint density at radius 3 is 2.56 bits per heavy atom. The van der Waals surface area contributed by atoms with E-state index >= 15 is 0 Å². The van der Waals surface area contributed by atoms with Crippen molar-refractivity contribution in [3.05, 3.63) is 15.6 Å². The van der Waals surface area contributed by atoms with Gasteiger partial charge in [-0.2, -0.15) is 0 Å². The van der Waals surface area contributed by atoms with Crippen molar-refractivity contribution in [2.45, 2.75) is 65.8 Å². The van der Waals surface area contributed by atoms with E-state index in [1.54, 1.807) is 0 Å². The van der Waals surface area contributed by atoms with Gasteiger partial charge >= 0.3 is 0 Å². The minimum absolute atomic E-state index is 0.294. The molecule has 2 rings (SSSR count). The fraction of sp³-hybridized carbons (Fsp3) is 0.800. The molecule has 0 saturated carbocycles. The van der Waals surface area contributed by atoms with Crippen LogP contribution in [0.4, 0.5) is 0 Å². The minimum Gasteiger partial charge on any atom is -0.320 e. The summed E-state index contributed by atoms with van der Waals surface area (Å²) < 4.78 is 0. The molecule has 2 nitrogen and oxygen atoms in total. The van der Waals surface area contributed by atoms with Crippen molar-refractivity contribution >= 4 is 11.3 Å². The van der Waals surface area contributed by atoms with Crippen LogP contribution in [0.2, 0.25) is 0 Å². The number of aromatic nitrogens is 1. The predicted octanol–water partition coefficient (Wildman–Crippen LogP) is 3.88. The van der Waals surface area contributed by atoms with Crippen LogP contribution >= 0.6 is 11.3 Å². The van der Waals surface area contributed by atoms with Crippen LogP contribution in [0, 0.1) is 11.3 Å². The number of aryl methyl sites for hydroxylation is 1. The van der Waals surface area contributed by atoms with Crippen molar-refractivity contribution in [1.29, 1.82) is 0 Å². The summed E-state index contributed by atoms with van der Waals surface area (Å²) in [5.41, 5.74) is 7.63. The van der Waals surface area contributed by atoms with E-state index in [4.69, 9.17) is 10.7 Å². The number of rotatable bonds is 3. The zero-order valence-corrected chi connectivity index (χ0v) is 13.2. The van der Waals surface area contributed by atoms with Crippen LogP contribution in [0.1, 0.15) is 63.0 Å². The maximum Gasteiger partial charge on any atom is 0.112 e. The Labute approximate surface area is 115 Å². The molecule has 1 aromatic heterocycles. The van der Waals surface area contributed by atoms with E-state index in [2.05, 4.69) is 20.8 Å². The molecule has 102 valence electrons. The van der Waals surface area contributed by atoms with Gasteiger partial charge in [0.1, 0.15) is 5.01 Å². The van der Waals surface area contributed by atoms with Crippen molar-refractivity contribution in [3.63, 3.8) is 0 Å². The van der Waals surface area contributed by atoms with Crippen molar-refractivity contribution < 1.29 is 0 Å². The maximum atomic E-state index is 6.16. The van der Waals surface area contributed by atoms with E-state index in [0.29, 0.717) is 5.41 Å². The third-order valence-corrected chi connectivity index (χ3v) is 5.97. The summed E-state index contributed by atoms with van der Waals surface area (Å²) in [6.07, 6.45) is 4.86. The molecule has 1 aromatic rings. The van der Waals surface area contributed by atoms with Crippen LogP contribution in [0.25, 0.3) is 0 Å². The molecule has 0 aliphatic heterocycles. The Morgan fingerprint density at radius 1 is 1.33 bits per heavy atom. The Morgan fingerprint density at radius 2 is 2.00 bits per heavy atom. The van der Waals surface area contributed by atoms with E-state index in [0.717, 1.165) is 17.3 Å². The average Bonchev–Trinajstić information content (AvgIpc) is 2.71. The quantitative estimate of drug-likeness (QED) is 0.901. The molecule has 0 fully saturated rings. The second-order valence-corrected chi connectivity index (χ2v) is 7.98. The number of thiazole rings is 1. The summed E-state index contributed by atoms with van der Waals surface area (Å²) in [7, 11) is 0. The molecule has 1 atom stereocenters. The SMILES string of the molecule is CCC(C)(C)C1CCc2nc(C(C)(C)N)sc2C1. The fourth-order valence-electron chi connectivity index (χ4n) is 2.61. The number of hydrogen-bond acceptors (Lipinski definition) is 3. The highest BCUT2D eigenvalue weighted by Gasteiger charge is 2.33. The zero-order chi connectivity index (χ0) is 13.6. The zero-order valence-electron chi connectivity index (χ0n) is 12.3. The molecule has 2 N–H and O–H groups in total. The standard InChI is InChI=1S/C15H26N2S/c1-6-14(2,3)10-7-8-11-12(9-10)18-13(17-11)15(4,5)16/h10H,6-9,16H2,1-5H3. The van der Waals surface area contributed by atoms with E-state index in [9.17, 15) is 0 Å². The molecule has 0 saturated heterocycles. The maximum absolute atomic E-state index is 6.16. The summed E-state index contributed by atoms with van der Waals surface area (Å²) in [5, 5.41) is 1.10. The molecular formula is C15H26N2S. The molecule has 1 aliphatic rings. The van der Waals surface area contributed by atoms with Gasteiger partial charge in [0.15, 0.2) is 0 Å². The first-order valence-corrected chi connectivity index (χ1v) is 7.83.